The van der Waals surface area contributed by atoms with Crippen molar-refractivity contribution in [1.82, 2.24) is 34.4 Å². The Morgan fingerprint density at radius 3 is 2.58 bits per heavy atom. The number of amides is 1. The number of aromatic nitrogens is 5. The number of benzene rings is 1. The number of nitrogens with zero attached hydrogens (tertiary/aromatic N) is 6. The topological polar surface area (TPSA) is 92.4 Å². The number of anilines is 2. The Morgan fingerprint density at radius 1 is 1.18 bits per heavy atom. The zero-order valence-electron chi connectivity index (χ0n) is 19.3. The number of alkyl halides is 5. The summed E-state index contributed by atoms with van der Waals surface area (Å²) in [5, 5.41) is 9.46. The van der Waals surface area contributed by atoms with E-state index >= 15 is 0 Å². The molecule has 0 atom stereocenters. The molecule has 4 aromatic rings. The highest BCUT2D eigenvalue weighted by molar-refractivity contribution is 6.34. The molecule has 5 heterocycles. The molecule has 1 amide bonds. The predicted molar refractivity (Wildman–Crippen MR) is 126 cm³/mol. The summed E-state index contributed by atoms with van der Waals surface area (Å²) in [7, 11) is 0. The van der Waals surface area contributed by atoms with Gasteiger partial charge in [-0.05, 0) is 18.2 Å². The molecule has 2 saturated heterocycles. The van der Waals surface area contributed by atoms with E-state index in [-0.39, 0.29) is 38.2 Å². The first kappa shape index (κ1) is 24.6. The third-order valence-electron chi connectivity index (χ3n) is 6.71. The normalized spacial score (nSPS) is 16.7. The average Bonchev–Trinajstić information content (AvgIpc) is 3.42. The lowest BCUT2D eigenvalue weighted by Gasteiger charge is -2.56. The lowest BCUT2D eigenvalue weighted by atomic mass is 9.74. The van der Waals surface area contributed by atoms with Gasteiger partial charge in [0.05, 0.1) is 28.0 Å². The molecule has 2 aliphatic heterocycles. The van der Waals surface area contributed by atoms with Crippen LogP contribution in [0.1, 0.15) is 22.6 Å². The molecule has 0 saturated carbocycles. The van der Waals surface area contributed by atoms with Crippen LogP contribution in [-0.2, 0) is 6.18 Å². The summed E-state index contributed by atoms with van der Waals surface area (Å²) in [4.78, 5) is 22.9. The van der Waals surface area contributed by atoms with Crippen LogP contribution in [0.2, 0.25) is 5.02 Å². The van der Waals surface area contributed by atoms with Gasteiger partial charge in [-0.1, -0.05) is 11.6 Å². The molecule has 0 bridgehead atoms. The minimum Gasteiger partial charge on any atom is -0.337 e. The number of hydrogen-bond acceptors (Lipinski definition) is 6. The molecule has 0 aliphatic carbocycles. The molecule has 198 valence electrons. The number of likely N-dealkylation sites (tertiary alicyclic amines) is 1. The highest BCUT2D eigenvalue weighted by Gasteiger charge is 2.49. The fourth-order valence-corrected chi connectivity index (χ4v) is 5.04. The maximum atomic E-state index is 13.5. The fraction of sp³-hybridized carbons (Fsp3) is 0.304. The van der Waals surface area contributed by atoms with Gasteiger partial charge < -0.3 is 15.5 Å². The van der Waals surface area contributed by atoms with Gasteiger partial charge in [-0.2, -0.15) is 27.1 Å². The Morgan fingerprint density at radius 2 is 1.95 bits per heavy atom. The molecule has 15 heteroatoms. The summed E-state index contributed by atoms with van der Waals surface area (Å²) in [5.74, 6) is 0.00730. The minimum atomic E-state index is -4.96. The molecule has 2 fully saturated rings. The van der Waals surface area contributed by atoms with Crippen LogP contribution in [0.5, 0.6) is 0 Å². The Labute approximate surface area is 216 Å². The molecule has 6 rings (SSSR count). The number of hydrogen-bond donors (Lipinski definition) is 2. The molecule has 2 aliphatic rings. The van der Waals surface area contributed by atoms with E-state index < -0.39 is 24.0 Å². The van der Waals surface area contributed by atoms with Crippen molar-refractivity contribution >= 4 is 34.7 Å². The first-order valence-corrected chi connectivity index (χ1v) is 11.8. The number of rotatable bonds is 5. The number of carbonyl (C=O) groups is 1. The SMILES string of the molecule is O=C(c1ccc(Nc2nccn3c(-c4cn(C(F)F)nc4C(F)(F)F)cnc23)cc1Cl)N1CC2(CNC2)C1. The van der Waals surface area contributed by atoms with Gasteiger partial charge >= 0.3 is 12.7 Å². The molecule has 1 spiro atoms. The van der Waals surface area contributed by atoms with Crippen LogP contribution >= 0.6 is 11.6 Å². The van der Waals surface area contributed by atoms with Crippen molar-refractivity contribution in [3.05, 3.63) is 59.3 Å². The smallest absolute Gasteiger partial charge is 0.337 e. The summed E-state index contributed by atoms with van der Waals surface area (Å²) < 4.78 is 68.0. The number of imidazole rings is 1. The monoisotopic (exact) mass is 552 g/mol. The van der Waals surface area contributed by atoms with Crippen LogP contribution in [-0.4, -0.2) is 61.1 Å². The Kier molecular flexibility index (Phi) is 5.57. The standard InChI is InChI=1S/C23H18ClF5N8O/c24-15-5-12(1-2-13(15)20(38)35-10-22(11-35)8-30-9-22)33-18-19-32-6-16(36(19)4-3-31-18)14-7-37(21(25)26)34-17(14)23(27,28)29/h1-7,21,30H,8-11H2,(H,31,33). The van der Waals surface area contributed by atoms with Crippen molar-refractivity contribution in [3.63, 3.8) is 0 Å². The molecular formula is C23H18ClF5N8O. The lowest BCUT2D eigenvalue weighted by Crippen LogP contribution is -2.71. The molecule has 2 N–H and O–H groups in total. The maximum absolute atomic E-state index is 13.5. The summed E-state index contributed by atoms with van der Waals surface area (Å²) in [6.45, 7) is -0.105. The van der Waals surface area contributed by atoms with Crippen molar-refractivity contribution in [2.45, 2.75) is 12.7 Å². The van der Waals surface area contributed by atoms with Gasteiger partial charge in [0.15, 0.2) is 17.2 Å². The van der Waals surface area contributed by atoms with Gasteiger partial charge in [-0.15, -0.1) is 0 Å². The van der Waals surface area contributed by atoms with Crippen molar-refractivity contribution in [2.24, 2.45) is 5.41 Å². The quantitative estimate of drug-likeness (QED) is 0.356. The van der Waals surface area contributed by atoms with Crippen LogP contribution in [0.15, 0.2) is 43.0 Å². The second-order valence-electron chi connectivity index (χ2n) is 9.34. The summed E-state index contributed by atoms with van der Waals surface area (Å²) in [6, 6.07) is 4.75. The lowest BCUT2D eigenvalue weighted by molar-refractivity contribution is -0.141. The van der Waals surface area contributed by atoms with Crippen molar-refractivity contribution < 1.29 is 26.7 Å². The van der Waals surface area contributed by atoms with Gasteiger partial charge in [0.2, 0.25) is 0 Å². The molecular weight excluding hydrogens is 535 g/mol. The highest BCUT2D eigenvalue weighted by Crippen LogP contribution is 2.38. The third kappa shape index (κ3) is 4.04. The van der Waals surface area contributed by atoms with Gasteiger partial charge in [0.25, 0.3) is 5.91 Å². The van der Waals surface area contributed by atoms with Crippen LogP contribution in [0.4, 0.5) is 33.5 Å². The van der Waals surface area contributed by atoms with E-state index in [2.05, 4.69) is 25.7 Å². The van der Waals surface area contributed by atoms with E-state index in [9.17, 15) is 26.7 Å². The van der Waals surface area contributed by atoms with Gasteiger partial charge in [-0.25, -0.2) is 14.6 Å². The predicted octanol–water partition coefficient (Wildman–Crippen LogP) is 4.45. The third-order valence-corrected chi connectivity index (χ3v) is 7.02. The van der Waals surface area contributed by atoms with E-state index in [1.54, 1.807) is 23.1 Å². The number of fused-ring (bicyclic) bond motifs is 1. The summed E-state index contributed by atoms with van der Waals surface area (Å²) >= 11 is 6.41. The van der Waals surface area contributed by atoms with Crippen LogP contribution in [0.25, 0.3) is 16.9 Å². The van der Waals surface area contributed by atoms with Crippen LogP contribution in [0.3, 0.4) is 0 Å². The summed E-state index contributed by atoms with van der Waals surface area (Å²) in [6.07, 6.45) is -0.540. The molecule has 0 unspecified atom stereocenters. The van der Waals surface area contributed by atoms with Crippen LogP contribution < -0.4 is 10.6 Å². The Bertz CT molecular complexity index is 1550. The molecule has 1 aromatic carbocycles. The first-order chi connectivity index (χ1) is 18.0. The highest BCUT2D eigenvalue weighted by atomic mass is 35.5. The van der Waals surface area contributed by atoms with E-state index in [0.717, 1.165) is 19.3 Å². The molecule has 3 aromatic heterocycles. The first-order valence-electron chi connectivity index (χ1n) is 11.4. The minimum absolute atomic E-state index is 0.0498. The van der Waals surface area contributed by atoms with Gasteiger partial charge in [-0.3, -0.25) is 9.20 Å². The number of carbonyl (C=O) groups excluding carboxylic acids is 1. The molecule has 9 nitrogen and oxygen atoms in total. The van der Waals surface area contributed by atoms with Crippen molar-refractivity contribution in [2.75, 3.05) is 31.5 Å². The maximum Gasteiger partial charge on any atom is 0.435 e. The Hall–Kier alpha value is -3.78. The van der Waals surface area contributed by atoms with E-state index in [0.29, 0.717) is 30.5 Å². The second-order valence-corrected chi connectivity index (χ2v) is 9.75. The number of halogens is 6. The zero-order valence-corrected chi connectivity index (χ0v) is 20.1. The molecule has 0 radical (unpaired) electrons. The molecule has 38 heavy (non-hydrogen) atoms. The van der Waals surface area contributed by atoms with Crippen molar-refractivity contribution in [1.29, 1.82) is 0 Å². The fourth-order valence-electron chi connectivity index (χ4n) is 4.78. The second kappa shape index (κ2) is 8.63. The zero-order chi connectivity index (χ0) is 26.8. The largest absolute Gasteiger partial charge is 0.435 e. The van der Waals surface area contributed by atoms with Gasteiger partial charge in [0.1, 0.15) is 0 Å². The van der Waals surface area contributed by atoms with E-state index in [1.165, 1.54) is 16.8 Å². The van der Waals surface area contributed by atoms with E-state index in [1.807, 2.05) is 0 Å². The van der Waals surface area contributed by atoms with Crippen LogP contribution in [0, 0.1) is 5.41 Å². The summed E-state index contributed by atoms with van der Waals surface area (Å²) in [5.41, 5.74) is -0.991. The Balaban J connectivity index is 1.28. The van der Waals surface area contributed by atoms with Crippen molar-refractivity contribution in [3.8, 4) is 11.3 Å². The van der Waals surface area contributed by atoms with E-state index in [4.69, 9.17) is 11.6 Å². The van der Waals surface area contributed by atoms with Gasteiger partial charge in [0, 0.05) is 55.9 Å². The number of nitrogens with one attached hydrogen (secondary N) is 2. The average molecular weight is 553 g/mol.